The van der Waals surface area contributed by atoms with E-state index < -0.39 is 0 Å². The Morgan fingerprint density at radius 3 is 2.84 bits per heavy atom. The fourth-order valence-electron chi connectivity index (χ4n) is 2.93. The third kappa shape index (κ3) is 3.14. The molecule has 3 heteroatoms. The van der Waals surface area contributed by atoms with Crippen molar-refractivity contribution in [1.29, 1.82) is 0 Å². The molecule has 1 aromatic carbocycles. The summed E-state index contributed by atoms with van der Waals surface area (Å²) in [7, 11) is 0. The molecule has 0 aliphatic heterocycles. The van der Waals surface area contributed by atoms with Gasteiger partial charge in [0.2, 0.25) is 5.91 Å². The number of rotatable bonds is 4. The van der Waals surface area contributed by atoms with Gasteiger partial charge in [-0.2, -0.15) is 0 Å². The van der Waals surface area contributed by atoms with Gasteiger partial charge in [-0.25, -0.2) is 4.39 Å². The fraction of sp³-hybridized carbons (Fsp3) is 0.562. The molecule has 2 rings (SSSR count). The molecule has 19 heavy (non-hydrogen) atoms. The molecule has 0 heterocycles. The molecule has 0 saturated heterocycles. The summed E-state index contributed by atoms with van der Waals surface area (Å²) in [6.45, 7) is 4.84. The largest absolute Gasteiger partial charge is 0.339 e. The van der Waals surface area contributed by atoms with Crippen molar-refractivity contribution in [2.75, 3.05) is 6.54 Å². The van der Waals surface area contributed by atoms with Gasteiger partial charge in [0, 0.05) is 19.0 Å². The van der Waals surface area contributed by atoms with Crippen LogP contribution in [-0.2, 0) is 17.6 Å². The van der Waals surface area contributed by atoms with E-state index in [1.165, 1.54) is 11.6 Å². The van der Waals surface area contributed by atoms with Crippen molar-refractivity contribution in [3.8, 4) is 0 Å². The van der Waals surface area contributed by atoms with Gasteiger partial charge in [0.15, 0.2) is 0 Å². The van der Waals surface area contributed by atoms with Crippen LogP contribution in [0, 0.1) is 5.82 Å². The first-order valence-corrected chi connectivity index (χ1v) is 7.22. The molecular weight excluding hydrogens is 241 g/mol. The van der Waals surface area contributed by atoms with Gasteiger partial charge in [-0.15, -0.1) is 0 Å². The molecule has 0 aromatic heterocycles. The molecule has 1 aliphatic carbocycles. The highest BCUT2D eigenvalue weighted by atomic mass is 19.1. The van der Waals surface area contributed by atoms with Crippen molar-refractivity contribution >= 4 is 5.91 Å². The number of carbonyl (C=O) groups excluding carboxylic acids is 1. The number of hydrogen-bond acceptors (Lipinski definition) is 1. The van der Waals surface area contributed by atoms with Gasteiger partial charge in [-0.05, 0) is 48.9 Å². The SMILES string of the molecule is CCCN(C(=O)CC)C1CCc2cc(F)ccc2C1. The second kappa shape index (κ2) is 6.18. The van der Waals surface area contributed by atoms with E-state index in [2.05, 4.69) is 6.92 Å². The van der Waals surface area contributed by atoms with Gasteiger partial charge < -0.3 is 4.90 Å². The van der Waals surface area contributed by atoms with E-state index in [1.54, 1.807) is 6.07 Å². The maximum absolute atomic E-state index is 13.2. The molecule has 104 valence electrons. The lowest BCUT2D eigenvalue weighted by atomic mass is 9.87. The standard InChI is InChI=1S/C16H22FNO/c1-3-9-18(16(19)4-2)15-8-6-12-10-14(17)7-5-13(12)11-15/h5,7,10,15H,3-4,6,8-9,11H2,1-2H3. The molecule has 1 aliphatic rings. The maximum Gasteiger partial charge on any atom is 0.222 e. The number of fused-ring (bicyclic) bond motifs is 1. The van der Waals surface area contributed by atoms with Crippen LogP contribution in [0.25, 0.3) is 0 Å². The lowest BCUT2D eigenvalue weighted by Crippen LogP contribution is -2.43. The monoisotopic (exact) mass is 263 g/mol. The number of hydrogen-bond donors (Lipinski definition) is 0. The van der Waals surface area contributed by atoms with E-state index in [9.17, 15) is 9.18 Å². The first-order chi connectivity index (χ1) is 9.15. The number of benzene rings is 1. The Kier molecular flexibility index (Phi) is 4.56. The van der Waals surface area contributed by atoms with Crippen molar-refractivity contribution in [2.24, 2.45) is 0 Å². The fourth-order valence-corrected chi connectivity index (χ4v) is 2.93. The van der Waals surface area contributed by atoms with E-state index in [-0.39, 0.29) is 17.8 Å². The molecule has 0 spiro atoms. The van der Waals surface area contributed by atoms with Crippen LogP contribution < -0.4 is 0 Å². The Bertz CT molecular complexity index is 458. The lowest BCUT2D eigenvalue weighted by molar-refractivity contribution is -0.133. The Hall–Kier alpha value is -1.38. The molecule has 0 N–H and O–H groups in total. The lowest BCUT2D eigenvalue weighted by Gasteiger charge is -2.35. The van der Waals surface area contributed by atoms with Crippen LogP contribution in [0.2, 0.25) is 0 Å². The third-order valence-electron chi connectivity index (χ3n) is 3.90. The van der Waals surface area contributed by atoms with E-state index in [0.29, 0.717) is 6.42 Å². The second-order valence-corrected chi connectivity index (χ2v) is 5.25. The van der Waals surface area contributed by atoms with E-state index in [0.717, 1.165) is 37.8 Å². The summed E-state index contributed by atoms with van der Waals surface area (Å²) >= 11 is 0. The number of nitrogens with zero attached hydrogens (tertiary/aromatic N) is 1. The zero-order chi connectivity index (χ0) is 13.8. The van der Waals surface area contributed by atoms with E-state index >= 15 is 0 Å². The molecular formula is C16H22FNO. The molecule has 1 aromatic rings. The summed E-state index contributed by atoms with van der Waals surface area (Å²) in [4.78, 5) is 14.1. The van der Waals surface area contributed by atoms with Crippen LogP contribution in [0.3, 0.4) is 0 Å². The van der Waals surface area contributed by atoms with E-state index in [4.69, 9.17) is 0 Å². The normalized spacial score (nSPS) is 17.9. The summed E-state index contributed by atoms with van der Waals surface area (Å²) in [5.41, 5.74) is 2.30. The highest BCUT2D eigenvalue weighted by Gasteiger charge is 2.26. The van der Waals surface area contributed by atoms with Gasteiger partial charge in [0.1, 0.15) is 5.82 Å². The van der Waals surface area contributed by atoms with Gasteiger partial charge in [0.05, 0.1) is 0 Å². The number of halogens is 1. The van der Waals surface area contributed by atoms with Crippen LogP contribution in [0.15, 0.2) is 18.2 Å². The zero-order valence-corrected chi connectivity index (χ0v) is 11.8. The summed E-state index contributed by atoms with van der Waals surface area (Å²) in [6.07, 6.45) is 4.23. The predicted molar refractivity (Wildman–Crippen MR) is 74.5 cm³/mol. The molecule has 0 saturated carbocycles. The van der Waals surface area contributed by atoms with Gasteiger partial charge in [0.25, 0.3) is 0 Å². The molecule has 0 bridgehead atoms. The number of amides is 1. The van der Waals surface area contributed by atoms with Crippen LogP contribution in [0.4, 0.5) is 4.39 Å². The topological polar surface area (TPSA) is 20.3 Å². The molecule has 1 amide bonds. The molecule has 0 fully saturated rings. The average Bonchev–Trinajstić information content (AvgIpc) is 2.43. The van der Waals surface area contributed by atoms with Crippen molar-refractivity contribution < 1.29 is 9.18 Å². The Labute approximate surface area is 114 Å². The van der Waals surface area contributed by atoms with E-state index in [1.807, 2.05) is 17.9 Å². The summed E-state index contributed by atoms with van der Waals surface area (Å²) < 4.78 is 13.2. The first kappa shape index (κ1) is 14.0. The first-order valence-electron chi connectivity index (χ1n) is 7.22. The maximum atomic E-state index is 13.2. The number of carbonyl (C=O) groups is 1. The minimum absolute atomic E-state index is 0.160. The van der Waals surface area contributed by atoms with Crippen LogP contribution in [0.1, 0.15) is 44.2 Å². The van der Waals surface area contributed by atoms with Crippen molar-refractivity contribution in [3.05, 3.63) is 35.1 Å². The summed E-state index contributed by atoms with van der Waals surface area (Å²) in [5, 5.41) is 0. The quantitative estimate of drug-likeness (QED) is 0.816. The number of aryl methyl sites for hydroxylation is 1. The molecule has 1 atom stereocenters. The average molecular weight is 263 g/mol. The molecule has 1 unspecified atom stereocenters. The molecule has 0 radical (unpaired) electrons. The van der Waals surface area contributed by atoms with Crippen LogP contribution in [-0.4, -0.2) is 23.4 Å². The van der Waals surface area contributed by atoms with Gasteiger partial charge >= 0.3 is 0 Å². The zero-order valence-electron chi connectivity index (χ0n) is 11.8. The van der Waals surface area contributed by atoms with Crippen LogP contribution in [0.5, 0.6) is 0 Å². The van der Waals surface area contributed by atoms with Gasteiger partial charge in [-0.1, -0.05) is 19.9 Å². The van der Waals surface area contributed by atoms with Crippen molar-refractivity contribution in [2.45, 2.75) is 52.0 Å². The Morgan fingerprint density at radius 2 is 2.16 bits per heavy atom. The highest BCUT2D eigenvalue weighted by Crippen LogP contribution is 2.26. The third-order valence-corrected chi connectivity index (χ3v) is 3.90. The second-order valence-electron chi connectivity index (χ2n) is 5.25. The Balaban J connectivity index is 2.15. The van der Waals surface area contributed by atoms with Crippen molar-refractivity contribution in [1.82, 2.24) is 4.90 Å². The minimum Gasteiger partial charge on any atom is -0.339 e. The Morgan fingerprint density at radius 1 is 1.37 bits per heavy atom. The highest BCUT2D eigenvalue weighted by molar-refractivity contribution is 5.76. The summed E-state index contributed by atoms with van der Waals surface area (Å²) in [5.74, 6) is 0.0738. The minimum atomic E-state index is -0.160. The van der Waals surface area contributed by atoms with Crippen molar-refractivity contribution in [3.63, 3.8) is 0 Å². The molecule has 2 nitrogen and oxygen atoms in total. The van der Waals surface area contributed by atoms with Crippen LogP contribution >= 0.6 is 0 Å². The van der Waals surface area contributed by atoms with Gasteiger partial charge in [-0.3, -0.25) is 4.79 Å². The smallest absolute Gasteiger partial charge is 0.222 e. The predicted octanol–water partition coefficient (Wildman–Crippen LogP) is 3.33. The summed E-state index contributed by atoms with van der Waals surface area (Å²) in [6, 6.07) is 5.31.